The van der Waals surface area contributed by atoms with E-state index in [1.807, 2.05) is 12.2 Å². The van der Waals surface area contributed by atoms with Gasteiger partial charge in [-0.15, -0.1) is 17.5 Å². The third-order valence-corrected chi connectivity index (χ3v) is 1.68. The SMILES string of the molecule is CCCCCC#CC/C=C/CCl. The maximum absolute atomic E-state index is 5.45. The Labute approximate surface area is 81.0 Å². The van der Waals surface area contributed by atoms with Crippen LogP contribution in [0.15, 0.2) is 12.2 Å². The van der Waals surface area contributed by atoms with Crippen molar-refractivity contribution in [2.45, 2.75) is 39.0 Å². The van der Waals surface area contributed by atoms with Gasteiger partial charge in [-0.1, -0.05) is 37.8 Å². The maximum Gasteiger partial charge on any atom is 0.0404 e. The minimum absolute atomic E-state index is 0.595. The molecule has 68 valence electrons. The van der Waals surface area contributed by atoms with E-state index in [-0.39, 0.29) is 0 Å². The molecule has 0 N–H and O–H groups in total. The number of rotatable bonds is 5. The Morgan fingerprint density at radius 1 is 1.17 bits per heavy atom. The van der Waals surface area contributed by atoms with Gasteiger partial charge in [0.15, 0.2) is 0 Å². The maximum atomic E-state index is 5.45. The summed E-state index contributed by atoms with van der Waals surface area (Å²) in [5, 5.41) is 0. The first-order valence-electron chi connectivity index (χ1n) is 4.58. The van der Waals surface area contributed by atoms with Crippen LogP contribution in [0, 0.1) is 11.8 Å². The molecule has 0 rings (SSSR count). The van der Waals surface area contributed by atoms with E-state index in [1.54, 1.807) is 0 Å². The van der Waals surface area contributed by atoms with Gasteiger partial charge in [-0.25, -0.2) is 0 Å². The summed E-state index contributed by atoms with van der Waals surface area (Å²) in [5.74, 6) is 6.81. The Morgan fingerprint density at radius 2 is 2.00 bits per heavy atom. The van der Waals surface area contributed by atoms with Crippen LogP contribution in [0.4, 0.5) is 0 Å². The van der Waals surface area contributed by atoms with Crippen LogP contribution in [0.2, 0.25) is 0 Å². The summed E-state index contributed by atoms with van der Waals surface area (Å²) in [5.41, 5.74) is 0. The summed E-state index contributed by atoms with van der Waals surface area (Å²) in [6, 6.07) is 0. The molecule has 0 aromatic rings. The topological polar surface area (TPSA) is 0 Å². The molecular weight excluding hydrogens is 168 g/mol. The summed E-state index contributed by atoms with van der Waals surface area (Å²) >= 11 is 5.45. The molecule has 0 radical (unpaired) electrons. The van der Waals surface area contributed by atoms with Crippen molar-refractivity contribution in [1.82, 2.24) is 0 Å². The fraction of sp³-hybridized carbons (Fsp3) is 0.636. The molecule has 0 aliphatic carbocycles. The summed E-state index contributed by atoms with van der Waals surface area (Å²) in [6.45, 7) is 2.20. The Hall–Kier alpha value is -0.410. The molecule has 0 aliphatic heterocycles. The van der Waals surface area contributed by atoms with Crippen molar-refractivity contribution in [3.05, 3.63) is 12.2 Å². The van der Waals surface area contributed by atoms with Crippen LogP contribution in [-0.2, 0) is 0 Å². The molecule has 0 aromatic carbocycles. The van der Waals surface area contributed by atoms with Gasteiger partial charge in [0.1, 0.15) is 0 Å². The van der Waals surface area contributed by atoms with Crippen molar-refractivity contribution in [3.8, 4) is 11.8 Å². The van der Waals surface area contributed by atoms with Gasteiger partial charge in [-0.05, 0) is 6.42 Å². The van der Waals surface area contributed by atoms with Crippen molar-refractivity contribution >= 4 is 11.6 Å². The lowest BCUT2D eigenvalue weighted by molar-refractivity contribution is 0.737. The van der Waals surface area contributed by atoms with E-state index in [2.05, 4.69) is 18.8 Å². The van der Waals surface area contributed by atoms with E-state index in [9.17, 15) is 0 Å². The summed E-state index contributed by atoms with van der Waals surface area (Å²) in [6.07, 6.45) is 9.65. The molecule has 0 fully saturated rings. The molecule has 0 amide bonds. The minimum atomic E-state index is 0.595. The molecule has 0 aromatic heterocycles. The highest BCUT2D eigenvalue weighted by Crippen LogP contribution is 1.96. The Balaban J connectivity index is 3.17. The molecule has 0 aliphatic rings. The molecule has 1 heteroatoms. The highest BCUT2D eigenvalue weighted by atomic mass is 35.5. The van der Waals surface area contributed by atoms with Gasteiger partial charge in [0.05, 0.1) is 0 Å². The number of hydrogen-bond donors (Lipinski definition) is 0. The largest absolute Gasteiger partial charge is 0.122 e. The molecule has 0 bridgehead atoms. The van der Waals surface area contributed by atoms with E-state index in [0.717, 1.165) is 12.8 Å². The molecule has 0 atom stereocenters. The van der Waals surface area contributed by atoms with Crippen molar-refractivity contribution in [3.63, 3.8) is 0 Å². The zero-order valence-corrected chi connectivity index (χ0v) is 8.53. The average molecular weight is 185 g/mol. The quantitative estimate of drug-likeness (QED) is 0.264. The fourth-order valence-electron chi connectivity index (χ4n) is 0.829. The molecule has 0 saturated heterocycles. The van der Waals surface area contributed by atoms with Crippen molar-refractivity contribution in [2.75, 3.05) is 5.88 Å². The molecule has 12 heavy (non-hydrogen) atoms. The van der Waals surface area contributed by atoms with Crippen LogP contribution >= 0.6 is 11.6 Å². The molecule has 0 spiro atoms. The van der Waals surface area contributed by atoms with Crippen molar-refractivity contribution in [1.29, 1.82) is 0 Å². The number of hydrogen-bond acceptors (Lipinski definition) is 0. The van der Waals surface area contributed by atoms with Gasteiger partial charge >= 0.3 is 0 Å². The second-order valence-corrected chi connectivity index (χ2v) is 2.95. The third kappa shape index (κ3) is 9.59. The third-order valence-electron chi connectivity index (χ3n) is 1.51. The molecule has 0 nitrogen and oxygen atoms in total. The van der Waals surface area contributed by atoms with E-state index >= 15 is 0 Å². The van der Waals surface area contributed by atoms with Crippen molar-refractivity contribution < 1.29 is 0 Å². The Bertz CT molecular complexity index is 160. The number of allylic oxidation sites excluding steroid dienone is 2. The summed E-state index contributed by atoms with van der Waals surface area (Å²) in [4.78, 5) is 0. The van der Waals surface area contributed by atoms with Gasteiger partial charge in [0.2, 0.25) is 0 Å². The van der Waals surface area contributed by atoms with E-state index in [1.165, 1.54) is 19.3 Å². The molecule has 0 unspecified atom stereocenters. The van der Waals surface area contributed by atoms with Crippen LogP contribution in [0.5, 0.6) is 0 Å². The first-order valence-corrected chi connectivity index (χ1v) is 5.12. The Kier molecular flexibility index (Phi) is 10.2. The van der Waals surface area contributed by atoms with Crippen molar-refractivity contribution in [2.24, 2.45) is 0 Å². The van der Waals surface area contributed by atoms with Gasteiger partial charge in [-0.3, -0.25) is 0 Å². The zero-order chi connectivity index (χ0) is 9.07. The summed E-state index contributed by atoms with van der Waals surface area (Å²) < 4.78 is 0. The van der Waals surface area contributed by atoms with E-state index < -0.39 is 0 Å². The molecule has 0 heterocycles. The number of halogens is 1. The second-order valence-electron chi connectivity index (χ2n) is 2.64. The monoisotopic (exact) mass is 184 g/mol. The number of unbranched alkanes of at least 4 members (excludes halogenated alkanes) is 3. The highest BCUT2D eigenvalue weighted by Gasteiger charge is 1.79. The standard InChI is InChI=1S/C11H17Cl/c1-2-3-4-5-6-7-8-9-10-11-12/h9-10H,2-5,8,11H2,1H3/b10-9+. The first-order chi connectivity index (χ1) is 5.91. The van der Waals surface area contributed by atoms with E-state index in [0.29, 0.717) is 5.88 Å². The smallest absolute Gasteiger partial charge is 0.0404 e. The van der Waals surface area contributed by atoms with Gasteiger partial charge in [0, 0.05) is 18.7 Å². The normalized spacial score (nSPS) is 9.83. The zero-order valence-electron chi connectivity index (χ0n) is 7.78. The summed E-state index contributed by atoms with van der Waals surface area (Å²) in [7, 11) is 0. The lowest BCUT2D eigenvalue weighted by Crippen LogP contribution is -1.71. The second kappa shape index (κ2) is 10.6. The van der Waals surface area contributed by atoms with Crippen LogP contribution < -0.4 is 0 Å². The van der Waals surface area contributed by atoms with Gasteiger partial charge in [0.25, 0.3) is 0 Å². The number of alkyl halides is 1. The molecular formula is C11H17Cl. The predicted octanol–water partition coefficient (Wildman–Crippen LogP) is 3.76. The van der Waals surface area contributed by atoms with Crippen LogP contribution in [-0.4, -0.2) is 5.88 Å². The average Bonchev–Trinajstić information content (AvgIpc) is 2.10. The predicted molar refractivity (Wildman–Crippen MR) is 56.4 cm³/mol. The highest BCUT2D eigenvalue weighted by molar-refractivity contribution is 6.18. The van der Waals surface area contributed by atoms with Gasteiger partial charge in [-0.2, -0.15) is 0 Å². The fourth-order valence-corrected chi connectivity index (χ4v) is 0.955. The molecule has 0 saturated carbocycles. The van der Waals surface area contributed by atoms with Crippen LogP contribution in [0.1, 0.15) is 39.0 Å². The van der Waals surface area contributed by atoms with Gasteiger partial charge < -0.3 is 0 Å². The minimum Gasteiger partial charge on any atom is -0.122 e. The Morgan fingerprint density at radius 3 is 2.67 bits per heavy atom. The van der Waals surface area contributed by atoms with E-state index in [4.69, 9.17) is 11.6 Å². The first kappa shape index (κ1) is 11.6. The lowest BCUT2D eigenvalue weighted by Gasteiger charge is -1.87. The lowest BCUT2D eigenvalue weighted by atomic mass is 10.2. The van der Waals surface area contributed by atoms with Crippen LogP contribution in [0.25, 0.3) is 0 Å². The van der Waals surface area contributed by atoms with Crippen LogP contribution in [0.3, 0.4) is 0 Å².